The van der Waals surface area contributed by atoms with Gasteiger partial charge in [0.2, 0.25) is 0 Å². The molecule has 6 heteroatoms. The molecular formula is C16H13NO4S. The molecule has 0 aliphatic heterocycles. The van der Waals surface area contributed by atoms with Gasteiger partial charge in [0, 0.05) is 10.9 Å². The average molecular weight is 315 g/mol. The van der Waals surface area contributed by atoms with Crippen molar-refractivity contribution in [3.63, 3.8) is 0 Å². The van der Waals surface area contributed by atoms with E-state index >= 15 is 0 Å². The molecule has 0 saturated carbocycles. The minimum atomic E-state index is -3.92. The van der Waals surface area contributed by atoms with Crippen LogP contribution in [0, 0.1) is 0 Å². The predicted molar refractivity (Wildman–Crippen MR) is 82.3 cm³/mol. The highest BCUT2D eigenvalue weighted by molar-refractivity contribution is 7.90. The van der Waals surface area contributed by atoms with Crippen LogP contribution in [0.1, 0.15) is 16.1 Å². The first-order valence-electron chi connectivity index (χ1n) is 6.60. The second-order valence-electron chi connectivity index (χ2n) is 4.74. The van der Waals surface area contributed by atoms with E-state index in [-0.39, 0.29) is 10.6 Å². The van der Waals surface area contributed by atoms with Crippen molar-refractivity contribution < 1.29 is 18.3 Å². The van der Waals surface area contributed by atoms with E-state index in [0.717, 1.165) is 3.97 Å². The lowest BCUT2D eigenvalue weighted by Gasteiger charge is -2.09. The summed E-state index contributed by atoms with van der Waals surface area (Å²) in [6.07, 6.45) is 0.464. The average Bonchev–Trinajstić information content (AvgIpc) is 2.89. The standard InChI is InChI=1S/C16H13NO4S/c18-10-14-13-8-4-5-9-15(13)17(16(14)11-19)22(20,21)12-6-2-1-3-7-12/h1-9,11,18H,10H2. The van der Waals surface area contributed by atoms with Gasteiger partial charge in [-0.05, 0) is 18.2 Å². The number of rotatable bonds is 4. The van der Waals surface area contributed by atoms with Gasteiger partial charge < -0.3 is 5.11 Å². The number of aromatic nitrogens is 1. The molecule has 22 heavy (non-hydrogen) atoms. The summed E-state index contributed by atoms with van der Waals surface area (Å²) in [5.41, 5.74) is 0.634. The van der Waals surface area contributed by atoms with Gasteiger partial charge in [0.05, 0.1) is 17.0 Å². The third kappa shape index (κ3) is 2.04. The van der Waals surface area contributed by atoms with Crippen LogP contribution in [-0.2, 0) is 16.6 Å². The number of hydrogen-bond acceptors (Lipinski definition) is 4. The fourth-order valence-electron chi connectivity index (χ4n) is 2.54. The van der Waals surface area contributed by atoms with E-state index in [1.807, 2.05) is 0 Å². The zero-order valence-electron chi connectivity index (χ0n) is 11.5. The Kier molecular flexibility index (Phi) is 3.56. The van der Waals surface area contributed by atoms with Gasteiger partial charge in [-0.25, -0.2) is 12.4 Å². The fraction of sp³-hybridized carbons (Fsp3) is 0.0625. The van der Waals surface area contributed by atoms with Crippen LogP contribution in [0.5, 0.6) is 0 Å². The molecule has 5 nitrogen and oxygen atoms in total. The molecule has 1 heterocycles. The van der Waals surface area contributed by atoms with Gasteiger partial charge >= 0.3 is 0 Å². The first-order valence-corrected chi connectivity index (χ1v) is 8.04. The van der Waals surface area contributed by atoms with Crippen LogP contribution in [-0.4, -0.2) is 23.8 Å². The Hall–Kier alpha value is -2.44. The van der Waals surface area contributed by atoms with Gasteiger partial charge in [0.25, 0.3) is 10.0 Å². The minimum Gasteiger partial charge on any atom is -0.392 e. The van der Waals surface area contributed by atoms with Crippen molar-refractivity contribution in [3.8, 4) is 0 Å². The molecule has 0 saturated heterocycles. The van der Waals surface area contributed by atoms with Crippen molar-refractivity contribution in [2.45, 2.75) is 11.5 Å². The van der Waals surface area contributed by atoms with Crippen LogP contribution in [0.3, 0.4) is 0 Å². The molecule has 0 spiro atoms. The van der Waals surface area contributed by atoms with Gasteiger partial charge in [0.1, 0.15) is 5.69 Å². The second kappa shape index (κ2) is 5.40. The summed E-state index contributed by atoms with van der Waals surface area (Å²) in [7, 11) is -3.92. The van der Waals surface area contributed by atoms with Gasteiger partial charge in [-0.3, -0.25) is 4.79 Å². The van der Waals surface area contributed by atoms with Crippen molar-refractivity contribution in [2.75, 3.05) is 0 Å². The summed E-state index contributed by atoms with van der Waals surface area (Å²) >= 11 is 0. The minimum absolute atomic E-state index is 0.0486. The fourth-order valence-corrected chi connectivity index (χ4v) is 4.08. The topological polar surface area (TPSA) is 76.4 Å². The monoisotopic (exact) mass is 315 g/mol. The van der Waals surface area contributed by atoms with Crippen molar-refractivity contribution >= 4 is 27.2 Å². The second-order valence-corrected chi connectivity index (χ2v) is 6.53. The summed E-state index contributed by atoms with van der Waals surface area (Å²) < 4.78 is 26.8. The first kappa shape index (κ1) is 14.5. The van der Waals surface area contributed by atoms with Crippen LogP contribution in [0.4, 0.5) is 0 Å². The number of aliphatic hydroxyl groups excluding tert-OH is 1. The molecular weight excluding hydrogens is 302 g/mol. The van der Waals surface area contributed by atoms with Crippen LogP contribution >= 0.6 is 0 Å². The summed E-state index contributed by atoms with van der Waals surface area (Å²) in [5, 5.41) is 10.1. The number of hydrogen-bond donors (Lipinski definition) is 1. The van der Waals surface area contributed by atoms with Crippen LogP contribution < -0.4 is 0 Å². The smallest absolute Gasteiger partial charge is 0.268 e. The normalized spacial score (nSPS) is 11.7. The molecule has 3 rings (SSSR count). The molecule has 2 aromatic carbocycles. The highest BCUT2D eigenvalue weighted by Gasteiger charge is 2.25. The maximum Gasteiger partial charge on any atom is 0.268 e. The highest BCUT2D eigenvalue weighted by atomic mass is 32.2. The number of nitrogens with zero attached hydrogens (tertiary/aromatic N) is 1. The Bertz CT molecular complexity index is 943. The predicted octanol–water partition coefficient (Wildman–Crippen LogP) is 2.18. The summed E-state index contributed by atoms with van der Waals surface area (Å²) in [5.74, 6) is 0. The molecule has 1 aromatic heterocycles. The van der Waals surface area contributed by atoms with Crippen molar-refractivity contribution in [3.05, 3.63) is 65.9 Å². The van der Waals surface area contributed by atoms with Gasteiger partial charge in [-0.1, -0.05) is 36.4 Å². The molecule has 3 aromatic rings. The highest BCUT2D eigenvalue weighted by Crippen LogP contribution is 2.29. The SMILES string of the molecule is O=Cc1c(CO)c2ccccc2n1S(=O)(=O)c1ccccc1. The Balaban J connectivity index is 2.43. The number of carbonyl (C=O) groups is 1. The number of carbonyl (C=O) groups excluding carboxylic acids is 1. The van der Waals surface area contributed by atoms with Crippen molar-refractivity contribution in [1.29, 1.82) is 0 Å². The van der Waals surface area contributed by atoms with E-state index in [1.54, 1.807) is 42.5 Å². The third-order valence-electron chi connectivity index (χ3n) is 3.53. The maximum atomic E-state index is 12.9. The Morgan fingerprint density at radius 2 is 1.64 bits per heavy atom. The van der Waals surface area contributed by atoms with Gasteiger partial charge in [-0.15, -0.1) is 0 Å². The lowest BCUT2D eigenvalue weighted by atomic mass is 10.1. The number of para-hydroxylation sites is 1. The Morgan fingerprint density at radius 1 is 1.00 bits per heavy atom. The van der Waals surface area contributed by atoms with Crippen LogP contribution in [0.2, 0.25) is 0 Å². The molecule has 0 atom stereocenters. The number of aldehydes is 1. The van der Waals surface area contributed by atoms with E-state index in [0.29, 0.717) is 22.8 Å². The molecule has 0 amide bonds. The molecule has 0 fully saturated rings. The largest absolute Gasteiger partial charge is 0.392 e. The van der Waals surface area contributed by atoms with E-state index in [2.05, 4.69) is 0 Å². The first-order chi connectivity index (χ1) is 10.6. The number of aliphatic hydroxyl groups is 1. The quantitative estimate of drug-likeness (QED) is 0.749. The lowest BCUT2D eigenvalue weighted by Crippen LogP contribution is -2.16. The lowest BCUT2D eigenvalue weighted by molar-refractivity contribution is 0.111. The zero-order chi connectivity index (χ0) is 15.7. The maximum absolute atomic E-state index is 12.9. The van der Waals surface area contributed by atoms with Gasteiger partial charge in [-0.2, -0.15) is 0 Å². The molecule has 0 aliphatic carbocycles. The Labute approximate surface area is 127 Å². The molecule has 0 aliphatic rings. The van der Waals surface area contributed by atoms with E-state index < -0.39 is 16.6 Å². The zero-order valence-corrected chi connectivity index (χ0v) is 12.3. The molecule has 112 valence electrons. The van der Waals surface area contributed by atoms with Crippen LogP contribution in [0.25, 0.3) is 10.9 Å². The summed E-state index contributed by atoms with van der Waals surface area (Å²) in [6, 6.07) is 14.6. The molecule has 0 radical (unpaired) electrons. The summed E-state index contributed by atoms with van der Waals surface area (Å²) in [6.45, 7) is -0.411. The number of fused-ring (bicyclic) bond motifs is 1. The van der Waals surface area contributed by atoms with E-state index in [9.17, 15) is 18.3 Å². The van der Waals surface area contributed by atoms with E-state index in [4.69, 9.17) is 0 Å². The van der Waals surface area contributed by atoms with Crippen molar-refractivity contribution in [2.24, 2.45) is 0 Å². The van der Waals surface area contributed by atoms with Crippen LogP contribution in [0.15, 0.2) is 59.5 Å². The van der Waals surface area contributed by atoms with Crippen molar-refractivity contribution in [1.82, 2.24) is 3.97 Å². The molecule has 0 bridgehead atoms. The molecule has 0 unspecified atom stereocenters. The van der Waals surface area contributed by atoms with E-state index in [1.165, 1.54) is 12.1 Å². The van der Waals surface area contributed by atoms with Gasteiger partial charge in [0.15, 0.2) is 6.29 Å². The summed E-state index contributed by atoms with van der Waals surface area (Å²) in [4.78, 5) is 11.5. The third-order valence-corrected chi connectivity index (χ3v) is 5.27. The Morgan fingerprint density at radius 3 is 2.27 bits per heavy atom. The molecule has 1 N–H and O–H groups in total. The number of benzene rings is 2.